The highest BCUT2D eigenvalue weighted by atomic mass is 32.1. The third kappa shape index (κ3) is 3.36. The van der Waals surface area contributed by atoms with Gasteiger partial charge in [0.15, 0.2) is 0 Å². The highest BCUT2D eigenvalue weighted by Crippen LogP contribution is 2.36. The number of hydrogen-bond acceptors (Lipinski definition) is 3. The number of hydrogen-bond donors (Lipinski definition) is 2. The first-order valence-corrected chi connectivity index (χ1v) is 7.60. The summed E-state index contributed by atoms with van der Waals surface area (Å²) in [6.45, 7) is 1.49. The maximum Gasteiger partial charge on any atom is 0.233 e. The average molecular weight is 294 g/mol. The molecular formula is C14H22N4OS. The van der Waals surface area contributed by atoms with E-state index in [0.717, 1.165) is 45.1 Å². The molecule has 0 aromatic carbocycles. The summed E-state index contributed by atoms with van der Waals surface area (Å²) in [5, 5.41) is 3.00. The third-order valence-corrected chi connectivity index (χ3v) is 4.44. The molecule has 6 heteroatoms. The van der Waals surface area contributed by atoms with E-state index in [2.05, 4.69) is 10.3 Å². The van der Waals surface area contributed by atoms with Crippen LogP contribution in [0.4, 0.5) is 0 Å². The fraction of sp³-hybridized carbons (Fsp3) is 0.643. The highest BCUT2D eigenvalue weighted by Gasteiger charge is 2.41. The predicted molar refractivity (Wildman–Crippen MR) is 82.2 cm³/mol. The van der Waals surface area contributed by atoms with E-state index in [-0.39, 0.29) is 5.91 Å². The zero-order chi connectivity index (χ0) is 14.4. The van der Waals surface area contributed by atoms with Gasteiger partial charge in [0.25, 0.3) is 0 Å². The normalized spacial score (nSPS) is 17.6. The van der Waals surface area contributed by atoms with Gasteiger partial charge in [0.05, 0.1) is 16.7 Å². The van der Waals surface area contributed by atoms with Gasteiger partial charge in [-0.25, -0.2) is 4.98 Å². The summed E-state index contributed by atoms with van der Waals surface area (Å²) < 4.78 is 2.00. The van der Waals surface area contributed by atoms with Crippen LogP contribution in [-0.2, 0) is 11.3 Å². The Hall–Kier alpha value is -1.43. The van der Waals surface area contributed by atoms with Crippen LogP contribution in [0.3, 0.4) is 0 Å². The lowest BCUT2D eigenvalue weighted by Gasteiger charge is -2.34. The third-order valence-electron chi connectivity index (χ3n) is 4.05. The van der Waals surface area contributed by atoms with Crippen molar-refractivity contribution in [1.29, 1.82) is 0 Å². The molecule has 20 heavy (non-hydrogen) atoms. The monoisotopic (exact) mass is 294 g/mol. The number of aryl methyl sites for hydroxylation is 1. The van der Waals surface area contributed by atoms with Crippen molar-refractivity contribution in [1.82, 2.24) is 14.9 Å². The molecule has 0 bridgehead atoms. The largest absolute Gasteiger partial charge is 0.392 e. The van der Waals surface area contributed by atoms with Gasteiger partial charge in [0, 0.05) is 25.5 Å². The first-order valence-electron chi connectivity index (χ1n) is 7.19. The Morgan fingerprint density at radius 1 is 1.40 bits per heavy atom. The molecule has 0 aliphatic heterocycles. The molecule has 0 saturated heterocycles. The van der Waals surface area contributed by atoms with Gasteiger partial charge in [0.2, 0.25) is 5.91 Å². The van der Waals surface area contributed by atoms with Crippen molar-refractivity contribution >= 4 is 23.1 Å². The van der Waals surface area contributed by atoms with Gasteiger partial charge in [-0.05, 0) is 19.3 Å². The maximum atomic E-state index is 12.4. The molecule has 1 saturated carbocycles. The number of carbonyl (C=O) groups is 1. The number of nitrogens with two attached hydrogens (primary N) is 1. The predicted octanol–water partition coefficient (Wildman–Crippen LogP) is 1.63. The highest BCUT2D eigenvalue weighted by molar-refractivity contribution is 7.80. The zero-order valence-corrected chi connectivity index (χ0v) is 12.5. The van der Waals surface area contributed by atoms with Crippen molar-refractivity contribution in [2.75, 3.05) is 6.54 Å². The number of carbonyl (C=O) groups excluding carboxylic acids is 1. The van der Waals surface area contributed by atoms with E-state index in [1.807, 2.05) is 10.8 Å². The fourth-order valence-electron chi connectivity index (χ4n) is 2.79. The Morgan fingerprint density at radius 3 is 2.75 bits per heavy atom. The molecule has 1 aliphatic rings. The number of aromatic nitrogens is 2. The molecule has 1 heterocycles. The van der Waals surface area contributed by atoms with E-state index in [4.69, 9.17) is 18.0 Å². The van der Waals surface area contributed by atoms with Gasteiger partial charge < -0.3 is 15.6 Å². The molecule has 1 aromatic rings. The van der Waals surface area contributed by atoms with Crippen LogP contribution in [0.25, 0.3) is 0 Å². The summed E-state index contributed by atoms with van der Waals surface area (Å²) in [6, 6.07) is 0. The first-order chi connectivity index (χ1) is 9.65. The molecule has 110 valence electrons. The topological polar surface area (TPSA) is 72.9 Å². The lowest BCUT2D eigenvalue weighted by Crippen LogP contribution is -2.50. The minimum atomic E-state index is -0.609. The van der Waals surface area contributed by atoms with Crippen molar-refractivity contribution in [3.05, 3.63) is 18.7 Å². The van der Waals surface area contributed by atoms with Crippen LogP contribution in [0.15, 0.2) is 18.7 Å². The number of nitrogens with zero attached hydrogens (tertiary/aromatic N) is 2. The summed E-state index contributed by atoms with van der Waals surface area (Å²) in [5.41, 5.74) is 5.23. The zero-order valence-electron chi connectivity index (χ0n) is 11.7. The molecule has 1 fully saturated rings. The van der Waals surface area contributed by atoms with Crippen molar-refractivity contribution in [2.24, 2.45) is 11.1 Å². The van der Waals surface area contributed by atoms with Gasteiger partial charge in [-0.2, -0.15) is 0 Å². The van der Waals surface area contributed by atoms with Crippen LogP contribution in [-0.4, -0.2) is 27.0 Å². The molecule has 2 rings (SSSR count). The molecule has 3 N–H and O–H groups in total. The Morgan fingerprint density at radius 2 is 2.15 bits per heavy atom. The van der Waals surface area contributed by atoms with E-state index in [1.54, 1.807) is 12.5 Å². The second kappa shape index (κ2) is 6.83. The summed E-state index contributed by atoms with van der Waals surface area (Å²) in [5.74, 6) is 0.00957. The Bertz CT molecular complexity index is 452. The second-order valence-corrected chi connectivity index (χ2v) is 5.86. The van der Waals surface area contributed by atoms with Crippen molar-refractivity contribution in [3.8, 4) is 0 Å². The first kappa shape index (κ1) is 15.0. The van der Waals surface area contributed by atoms with Crippen LogP contribution in [0.1, 0.15) is 38.5 Å². The van der Waals surface area contributed by atoms with E-state index in [1.165, 1.54) is 0 Å². The van der Waals surface area contributed by atoms with Gasteiger partial charge >= 0.3 is 0 Å². The van der Waals surface area contributed by atoms with Gasteiger partial charge in [-0.15, -0.1) is 0 Å². The standard InChI is InChI=1S/C14H22N4OS/c15-12(20)14(5-2-1-3-6-14)13(19)17-7-4-9-18-10-8-16-11-18/h8,10-11H,1-7,9H2,(H2,15,20)(H,17,19). The number of imidazole rings is 1. The molecule has 1 amide bonds. The number of rotatable bonds is 6. The summed E-state index contributed by atoms with van der Waals surface area (Å²) in [6.07, 6.45) is 11.1. The number of nitrogens with one attached hydrogen (secondary N) is 1. The van der Waals surface area contributed by atoms with E-state index in [0.29, 0.717) is 11.5 Å². The lowest BCUT2D eigenvalue weighted by atomic mass is 9.73. The summed E-state index contributed by atoms with van der Waals surface area (Å²) >= 11 is 5.15. The van der Waals surface area contributed by atoms with Gasteiger partial charge in [0.1, 0.15) is 0 Å². The Kier molecular flexibility index (Phi) is 5.11. The molecular weight excluding hydrogens is 272 g/mol. The number of thiocarbonyl (C=S) groups is 1. The maximum absolute atomic E-state index is 12.4. The van der Waals surface area contributed by atoms with Crippen molar-refractivity contribution in [2.45, 2.75) is 45.1 Å². The second-order valence-electron chi connectivity index (χ2n) is 5.42. The molecule has 0 radical (unpaired) electrons. The molecule has 5 nitrogen and oxygen atoms in total. The molecule has 0 spiro atoms. The summed E-state index contributed by atoms with van der Waals surface area (Å²) in [4.78, 5) is 16.8. The van der Waals surface area contributed by atoms with E-state index in [9.17, 15) is 4.79 Å². The van der Waals surface area contributed by atoms with Crippen LogP contribution in [0.2, 0.25) is 0 Å². The molecule has 1 aliphatic carbocycles. The van der Waals surface area contributed by atoms with E-state index < -0.39 is 5.41 Å². The molecule has 1 aromatic heterocycles. The Balaban J connectivity index is 1.81. The molecule has 0 atom stereocenters. The van der Waals surface area contributed by atoms with E-state index >= 15 is 0 Å². The minimum Gasteiger partial charge on any atom is -0.392 e. The number of amides is 1. The van der Waals surface area contributed by atoms with Crippen LogP contribution in [0.5, 0.6) is 0 Å². The minimum absolute atomic E-state index is 0.00957. The van der Waals surface area contributed by atoms with Crippen molar-refractivity contribution in [3.63, 3.8) is 0 Å². The van der Waals surface area contributed by atoms with Gasteiger partial charge in [-0.1, -0.05) is 31.5 Å². The fourth-order valence-corrected chi connectivity index (χ4v) is 3.09. The van der Waals surface area contributed by atoms with Crippen LogP contribution in [0, 0.1) is 5.41 Å². The SMILES string of the molecule is NC(=S)C1(C(=O)NCCCn2ccnc2)CCCCC1. The van der Waals surface area contributed by atoms with Gasteiger partial charge in [-0.3, -0.25) is 4.79 Å². The average Bonchev–Trinajstić information content (AvgIpc) is 2.97. The summed E-state index contributed by atoms with van der Waals surface area (Å²) in [7, 11) is 0. The molecule has 0 unspecified atom stereocenters. The smallest absolute Gasteiger partial charge is 0.233 e. The Labute approximate surface area is 124 Å². The van der Waals surface area contributed by atoms with Crippen molar-refractivity contribution < 1.29 is 4.79 Å². The quantitative estimate of drug-likeness (QED) is 0.618. The lowest BCUT2D eigenvalue weighted by molar-refractivity contribution is -0.128. The van der Waals surface area contributed by atoms with Crippen LogP contribution >= 0.6 is 12.2 Å². The van der Waals surface area contributed by atoms with Crippen LogP contribution < -0.4 is 11.1 Å².